The van der Waals surface area contributed by atoms with Gasteiger partial charge in [-0.1, -0.05) is 52.1 Å². The molecule has 6 nitrogen and oxygen atoms in total. The van der Waals surface area contributed by atoms with Crippen molar-refractivity contribution in [2.45, 2.75) is 20.2 Å². The molecule has 0 unspecified atom stereocenters. The van der Waals surface area contributed by atoms with E-state index in [2.05, 4.69) is 32.5 Å². The Morgan fingerprint density at radius 1 is 1.04 bits per heavy atom. The fourth-order valence-electron chi connectivity index (χ4n) is 2.12. The van der Waals surface area contributed by atoms with Crippen LogP contribution in [0.2, 0.25) is 0 Å². The standard InChI is InChI=1S/C17H14N4O2S4/c1-22-13-4-2-11(3-5-13)8-25-16-19-20-17(27-16)26-10-14-18-15(23-21-14)12-6-7-24-9-12/h2-7,9H,8,10H2,1H3. The Morgan fingerprint density at radius 3 is 2.52 bits per heavy atom. The molecular weight excluding hydrogens is 420 g/mol. The summed E-state index contributed by atoms with van der Waals surface area (Å²) in [6.07, 6.45) is 0. The van der Waals surface area contributed by atoms with Crippen LogP contribution in [0.3, 0.4) is 0 Å². The third-order valence-electron chi connectivity index (χ3n) is 3.47. The molecule has 3 aromatic heterocycles. The largest absolute Gasteiger partial charge is 0.497 e. The van der Waals surface area contributed by atoms with Crippen molar-refractivity contribution in [3.8, 4) is 17.2 Å². The lowest BCUT2D eigenvalue weighted by atomic mass is 10.2. The van der Waals surface area contributed by atoms with Gasteiger partial charge < -0.3 is 9.26 Å². The number of hydrogen-bond acceptors (Lipinski definition) is 10. The first-order valence-electron chi connectivity index (χ1n) is 7.87. The molecule has 0 radical (unpaired) electrons. The van der Waals surface area contributed by atoms with Crippen LogP contribution in [0.5, 0.6) is 5.75 Å². The van der Waals surface area contributed by atoms with Gasteiger partial charge in [-0.2, -0.15) is 16.3 Å². The zero-order valence-electron chi connectivity index (χ0n) is 14.2. The van der Waals surface area contributed by atoms with E-state index in [-0.39, 0.29) is 0 Å². The Hall–Kier alpha value is -1.88. The highest BCUT2D eigenvalue weighted by molar-refractivity contribution is 8.02. The average Bonchev–Trinajstić information content (AvgIpc) is 3.46. The smallest absolute Gasteiger partial charge is 0.258 e. The molecule has 0 saturated heterocycles. The van der Waals surface area contributed by atoms with Gasteiger partial charge >= 0.3 is 0 Å². The lowest BCUT2D eigenvalue weighted by Gasteiger charge is -2.01. The number of aromatic nitrogens is 4. The summed E-state index contributed by atoms with van der Waals surface area (Å²) in [5.74, 6) is 3.52. The van der Waals surface area contributed by atoms with Crippen LogP contribution in [0.25, 0.3) is 11.5 Å². The Labute approximate surface area is 172 Å². The average molecular weight is 435 g/mol. The van der Waals surface area contributed by atoms with Crippen molar-refractivity contribution in [1.82, 2.24) is 20.3 Å². The molecule has 10 heteroatoms. The predicted molar refractivity (Wildman–Crippen MR) is 110 cm³/mol. The van der Waals surface area contributed by atoms with E-state index in [0.717, 1.165) is 25.7 Å². The number of methoxy groups -OCH3 is 1. The van der Waals surface area contributed by atoms with Crippen molar-refractivity contribution in [1.29, 1.82) is 0 Å². The van der Waals surface area contributed by atoms with Gasteiger partial charge in [0.05, 0.1) is 18.4 Å². The molecule has 1 aromatic carbocycles. The Kier molecular flexibility index (Phi) is 6.07. The molecule has 0 aliphatic rings. The van der Waals surface area contributed by atoms with Gasteiger partial charge in [0.2, 0.25) is 0 Å². The summed E-state index contributed by atoms with van der Waals surface area (Å²) < 4.78 is 12.3. The van der Waals surface area contributed by atoms with Gasteiger partial charge in [-0.3, -0.25) is 0 Å². The number of rotatable bonds is 8. The second kappa shape index (κ2) is 8.87. The lowest BCUT2D eigenvalue weighted by molar-refractivity contribution is 0.414. The lowest BCUT2D eigenvalue weighted by Crippen LogP contribution is -1.84. The molecule has 0 fully saturated rings. The van der Waals surface area contributed by atoms with Gasteiger partial charge in [0.15, 0.2) is 14.5 Å². The first kappa shape index (κ1) is 18.5. The van der Waals surface area contributed by atoms with E-state index >= 15 is 0 Å². The van der Waals surface area contributed by atoms with Crippen molar-refractivity contribution < 1.29 is 9.26 Å². The summed E-state index contributed by atoms with van der Waals surface area (Å²) in [5, 5.41) is 16.5. The summed E-state index contributed by atoms with van der Waals surface area (Å²) in [6.45, 7) is 0. The van der Waals surface area contributed by atoms with Crippen LogP contribution >= 0.6 is 46.2 Å². The molecule has 0 amide bonds. The molecule has 4 aromatic rings. The zero-order chi connectivity index (χ0) is 18.5. The third-order valence-corrected chi connectivity index (χ3v) is 7.41. The van der Waals surface area contributed by atoms with Gasteiger partial charge in [0.1, 0.15) is 5.75 Å². The van der Waals surface area contributed by atoms with Crippen molar-refractivity contribution >= 4 is 46.2 Å². The van der Waals surface area contributed by atoms with E-state index in [1.165, 1.54) is 5.56 Å². The molecular formula is C17H14N4O2S4. The molecule has 0 aliphatic carbocycles. The van der Waals surface area contributed by atoms with Crippen LogP contribution in [0, 0.1) is 0 Å². The second-order valence-corrected chi connectivity index (χ2v) is 9.49. The first-order chi connectivity index (χ1) is 13.3. The number of benzene rings is 1. The molecule has 4 rings (SSSR count). The molecule has 0 bridgehead atoms. The summed E-state index contributed by atoms with van der Waals surface area (Å²) in [7, 11) is 1.67. The molecule has 0 saturated carbocycles. The summed E-state index contributed by atoms with van der Waals surface area (Å²) >= 11 is 6.42. The number of thiophene rings is 1. The maximum Gasteiger partial charge on any atom is 0.258 e. The minimum Gasteiger partial charge on any atom is -0.497 e. The quantitative estimate of drug-likeness (QED) is 0.348. The van der Waals surface area contributed by atoms with Crippen LogP contribution in [0.1, 0.15) is 11.4 Å². The van der Waals surface area contributed by atoms with Gasteiger partial charge in [0, 0.05) is 11.1 Å². The van der Waals surface area contributed by atoms with E-state index in [0.29, 0.717) is 17.5 Å². The van der Waals surface area contributed by atoms with Crippen molar-refractivity contribution in [2.75, 3.05) is 7.11 Å². The maximum absolute atomic E-state index is 5.29. The fourth-order valence-corrected chi connectivity index (χ4v) is 5.57. The monoisotopic (exact) mass is 434 g/mol. The second-order valence-electron chi connectivity index (χ2n) is 5.29. The SMILES string of the molecule is COc1ccc(CSc2nnc(SCc3noc(-c4ccsc4)n3)s2)cc1. The zero-order valence-corrected chi connectivity index (χ0v) is 17.5. The van der Waals surface area contributed by atoms with E-state index in [4.69, 9.17) is 9.26 Å². The highest BCUT2D eigenvalue weighted by atomic mass is 32.2. The van der Waals surface area contributed by atoms with Gasteiger partial charge in [-0.15, -0.1) is 10.2 Å². The topological polar surface area (TPSA) is 73.9 Å². The minimum atomic E-state index is 0.555. The van der Waals surface area contributed by atoms with Crippen LogP contribution in [0.4, 0.5) is 0 Å². The summed E-state index contributed by atoms with van der Waals surface area (Å²) in [5.41, 5.74) is 2.18. The molecule has 0 spiro atoms. The highest BCUT2D eigenvalue weighted by Gasteiger charge is 2.11. The van der Waals surface area contributed by atoms with E-state index < -0.39 is 0 Å². The van der Waals surface area contributed by atoms with E-state index in [9.17, 15) is 0 Å². The molecule has 0 atom stereocenters. The Balaban J connectivity index is 1.29. The molecule has 138 valence electrons. The maximum atomic E-state index is 5.29. The summed E-state index contributed by atoms with van der Waals surface area (Å²) in [4.78, 5) is 4.41. The molecule has 0 N–H and O–H groups in total. The molecule has 27 heavy (non-hydrogen) atoms. The Bertz CT molecular complexity index is 983. The van der Waals surface area contributed by atoms with Crippen LogP contribution < -0.4 is 4.74 Å². The van der Waals surface area contributed by atoms with Gasteiger partial charge in [-0.05, 0) is 29.1 Å². The normalized spacial score (nSPS) is 11.0. The van der Waals surface area contributed by atoms with Crippen LogP contribution in [-0.2, 0) is 11.5 Å². The van der Waals surface area contributed by atoms with Crippen LogP contribution in [0.15, 0.2) is 54.3 Å². The van der Waals surface area contributed by atoms with Crippen LogP contribution in [-0.4, -0.2) is 27.4 Å². The third kappa shape index (κ3) is 4.89. The summed E-state index contributed by atoms with van der Waals surface area (Å²) in [6, 6.07) is 10.0. The van der Waals surface area contributed by atoms with Gasteiger partial charge in [0.25, 0.3) is 5.89 Å². The van der Waals surface area contributed by atoms with E-state index in [1.54, 1.807) is 53.3 Å². The Morgan fingerprint density at radius 2 is 1.81 bits per heavy atom. The first-order valence-corrected chi connectivity index (χ1v) is 11.6. The number of nitrogens with zero attached hydrogens (tertiary/aromatic N) is 4. The molecule has 3 heterocycles. The van der Waals surface area contributed by atoms with Gasteiger partial charge in [-0.25, -0.2) is 0 Å². The van der Waals surface area contributed by atoms with E-state index in [1.807, 2.05) is 29.0 Å². The number of thioether (sulfide) groups is 2. The highest BCUT2D eigenvalue weighted by Crippen LogP contribution is 2.32. The number of ether oxygens (including phenoxy) is 1. The number of hydrogen-bond donors (Lipinski definition) is 0. The van der Waals surface area contributed by atoms with Crippen molar-refractivity contribution in [3.63, 3.8) is 0 Å². The minimum absolute atomic E-state index is 0.555. The van der Waals surface area contributed by atoms with Crippen molar-refractivity contribution in [2.24, 2.45) is 0 Å². The predicted octanol–water partition coefficient (Wildman–Crippen LogP) is 5.24. The molecule has 0 aliphatic heterocycles. The van der Waals surface area contributed by atoms with Crippen molar-refractivity contribution in [3.05, 3.63) is 52.5 Å². The fraction of sp³-hybridized carbons (Fsp3) is 0.176.